The monoisotopic (exact) mass is 425 g/mol. The average Bonchev–Trinajstić information content (AvgIpc) is 2.64. The molecular formula is C20H24ClNO5S. The van der Waals surface area contributed by atoms with E-state index in [-0.39, 0.29) is 44.4 Å². The number of nitrogens with zero attached hydrogens (tertiary/aromatic N) is 1. The lowest BCUT2D eigenvalue weighted by molar-refractivity contribution is -0.117. The van der Waals surface area contributed by atoms with Crippen LogP contribution < -0.4 is 0 Å². The maximum Gasteiger partial charge on any atom is 0.199 e. The number of carbonyl (C=O) groups is 2. The van der Waals surface area contributed by atoms with E-state index in [1.165, 1.54) is 18.2 Å². The summed E-state index contributed by atoms with van der Waals surface area (Å²) in [7, 11) is -0.518. The molecule has 0 unspecified atom stereocenters. The van der Waals surface area contributed by atoms with E-state index in [1.54, 1.807) is 13.1 Å². The minimum Gasteiger partial charge on any atom is -0.294 e. The molecule has 1 aromatic rings. The van der Waals surface area contributed by atoms with Gasteiger partial charge < -0.3 is 0 Å². The van der Waals surface area contributed by atoms with Crippen molar-refractivity contribution in [3.63, 3.8) is 0 Å². The van der Waals surface area contributed by atoms with Crippen LogP contribution in [0.4, 0.5) is 0 Å². The predicted molar refractivity (Wildman–Crippen MR) is 106 cm³/mol. The first-order valence-corrected chi connectivity index (χ1v) is 11.2. The molecule has 0 fully saturated rings. The van der Waals surface area contributed by atoms with Gasteiger partial charge in [0.15, 0.2) is 21.4 Å². The third-order valence-corrected chi connectivity index (χ3v) is 7.94. The van der Waals surface area contributed by atoms with E-state index in [0.29, 0.717) is 30.5 Å². The molecule has 6 nitrogen and oxygen atoms in total. The van der Waals surface area contributed by atoms with Crippen molar-refractivity contribution < 1.29 is 22.8 Å². The summed E-state index contributed by atoms with van der Waals surface area (Å²) in [4.78, 5) is 31.0. The summed E-state index contributed by atoms with van der Waals surface area (Å²) < 4.78 is 25.4. The highest BCUT2D eigenvalue weighted by Crippen LogP contribution is 2.43. The van der Waals surface area contributed by atoms with Gasteiger partial charge in [-0.05, 0) is 36.3 Å². The number of hydrogen-bond acceptors (Lipinski definition) is 6. The molecule has 2 aliphatic rings. The Morgan fingerprint density at radius 1 is 1.25 bits per heavy atom. The molecule has 0 spiro atoms. The summed E-state index contributed by atoms with van der Waals surface area (Å²) in [5.74, 6) is -0.869. The third-order valence-electron chi connectivity index (χ3n) is 5.64. The Balaban J connectivity index is 2.21. The molecule has 1 aromatic carbocycles. The van der Waals surface area contributed by atoms with Crippen LogP contribution >= 0.6 is 11.6 Å². The number of benzene rings is 1. The van der Waals surface area contributed by atoms with Crippen LogP contribution in [-0.2, 0) is 24.9 Å². The Morgan fingerprint density at radius 2 is 1.93 bits per heavy atom. The fraction of sp³-hybridized carbons (Fsp3) is 0.500. The van der Waals surface area contributed by atoms with Crippen molar-refractivity contribution in [1.82, 2.24) is 5.06 Å². The van der Waals surface area contributed by atoms with E-state index < -0.39 is 15.6 Å². The lowest BCUT2D eigenvalue weighted by Crippen LogP contribution is -2.32. The molecule has 0 N–H and O–H groups in total. The summed E-state index contributed by atoms with van der Waals surface area (Å²) in [6.07, 6.45) is 1.89. The molecule has 3 rings (SSSR count). The first-order valence-electron chi connectivity index (χ1n) is 9.16. The zero-order valence-electron chi connectivity index (χ0n) is 16.5. The molecule has 1 aliphatic heterocycles. The van der Waals surface area contributed by atoms with Crippen molar-refractivity contribution in [2.75, 3.05) is 19.9 Å². The lowest BCUT2D eigenvalue weighted by Gasteiger charge is -2.33. The number of carbonyl (C=O) groups excluding carboxylic acids is 2. The van der Waals surface area contributed by atoms with Crippen molar-refractivity contribution in [1.29, 1.82) is 0 Å². The van der Waals surface area contributed by atoms with Gasteiger partial charge in [-0.25, -0.2) is 8.42 Å². The Labute approximate surface area is 170 Å². The van der Waals surface area contributed by atoms with E-state index in [1.807, 2.05) is 13.8 Å². The number of fused-ring (bicyclic) bond motifs is 1. The maximum atomic E-state index is 13.3. The van der Waals surface area contributed by atoms with Crippen molar-refractivity contribution in [3.8, 4) is 0 Å². The van der Waals surface area contributed by atoms with Crippen molar-refractivity contribution in [2.24, 2.45) is 0 Å². The smallest absolute Gasteiger partial charge is 0.199 e. The van der Waals surface area contributed by atoms with Crippen LogP contribution in [0.25, 0.3) is 0 Å². The van der Waals surface area contributed by atoms with E-state index in [9.17, 15) is 18.0 Å². The second-order valence-corrected chi connectivity index (χ2v) is 10.3. The molecule has 28 heavy (non-hydrogen) atoms. The van der Waals surface area contributed by atoms with Crippen LogP contribution in [0.1, 0.15) is 55.5 Å². The molecule has 0 amide bonds. The van der Waals surface area contributed by atoms with Gasteiger partial charge in [0, 0.05) is 19.0 Å². The van der Waals surface area contributed by atoms with Gasteiger partial charge in [0.2, 0.25) is 0 Å². The minimum absolute atomic E-state index is 0.0155. The Kier molecular flexibility index (Phi) is 5.47. The standard InChI is InChI=1S/C20H24ClNO5S/c1-20(2)10-11-28(25,26)19-13(20)9-8-12(17(19)21)18(24)16-14(22(3)27-4)6-5-7-15(16)23/h8-9H,5-7,10-11H2,1-4H3. The van der Waals surface area contributed by atoms with Gasteiger partial charge in [-0.1, -0.05) is 31.5 Å². The van der Waals surface area contributed by atoms with Gasteiger partial charge in [-0.2, -0.15) is 0 Å². The SMILES string of the molecule is CON(C)C1=C(C(=O)c2ccc3c(c2Cl)S(=O)(=O)CCC3(C)C)C(=O)CCC1. The summed E-state index contributed by atoms with van der Waals surface area (Å²) in [5, 5.41) is 1.30. The summed E-state index contributed by atoms with van der Waals surface area (Å²) in [5.41, 5.74) is 0.783. The molecule has 0 aromatic heterocycles. The number of Topliss-reactive ketones (excluding diaryl/α,β-unsaturated/α-hetero) is 2. The summed E-state index contributed by atoms with van der Waals surface area (Å²) >= 11 is 6.48. The molecule has 1 aliphatic carbocycles. The molecule has 0 saturated carbocycles. The molecule has 0 atom stereocenters. The van der Waals surface area contributed by atoms with Gasteiger partial charge >= 0.3 is 0 Å². The quantitative estimate of drug-likeness (QED) is 0.417. The number of hydroxylamine groups is 2. The van der Waals surface area contributed by atoms with E-state index in [2.05, 4.69) is 0 Å². The first kappa shape index (κ1) is 21.0. The summed E-state index contributed by atoms with van der Waals surface area (Å²) in [6, 6.07) is 3.18. The second-order valence-electron chi connectivity index (χ2n) is 7.86. The molecule has 152 valence electrons. The largest absolute Gasteiger partial charge is 0.294 e. The van der Waals surface area contributed by atoms with Crippen LogP contribution in [0.5, 0.6) is 0 Å². The van der Waals surface area contributed by atoms with E-state index in [4.69, 9.17) is 16.4 Å². The van der Waals surface area contributed by atoms with Crippen molar-refractivity contribution in [2.45, 2.75) is 49.8 Å². The summed E-state index contributed by atoms with van der Waals surface area (Å²) in [6.45, 7) is 3.91. The zero-order valence-corrected chi connectivity index (χ0v) is 18.0. The van der Waals surface area contributed by atoms with Gasteiger partial charge in [0.1, 0.15) is 0 Å². The number of sulfone groups is 1. The second kappa shape index (κ2) is 7.28. The molecule has 0 radical (unpaired) electrons. The lowest BCUT2D eigenvalue weighted by atomic mass is 9.80. The number of rotatable bonds is 4. The van der Waals surface area contributed by atoms with Crippen LogP contribution in [0.3, 0.4) is 0 Å². The fourth-order valence-corrected chi connectivity index (χ4v) is 6.49. The Hall–Kier alpha value is -1.70. The van der Waals surface area contributed by atoms with E-state index >= 15 is 0 Å². The van der Waals surface area contributed by atoms with Gasteiger partial charge in [-0.15, -0.1) is 0 Å². The molecule has 0 bridgehead atoms. The fourth-order valence-electron chi connectivity index (χ4n) is 3.84. The highest BCUT2D eigenvalue weighted by atomic mass is 35.5. The number of hydrogen-bond donors (Lipinski definition) is 0. The Bertz CT molecular complexity index is 994. The van der Waals surface area contributed by atoms with Crippen LogP contribution in [0.2, 0.25) is 5.02 Å². The average molecular weight is 426 g/mol. The highest BCUT2D eigenvalue weighted by Gasteiger charge is 2.39. The van der Waals surface area contributed by atoms with Crippen molar-refractivity contribution in [3.05, 3.63) is 39.6 Å². The molecule has 8 heteroatoms. The minimum atomic E-state index is -3.60. The van der Waals surface area contributed by atoms with Crippen LogP contribution in [0, 0.1) is 0 Å². The number of ketones is 2. The molecule has 1 heterocycles. The third kappa shape index (κ3) is 3.40. The Morgan fingerprint density at radius 3 is 2.57 bits per heavy atom. The number of allylic oxidation sites excluding steroid dienone is 2. The molecule has 0 saturated heterocycles. The van der Waals surface area contributed by atoms with E-state index in [0.717, 1.165) is 0 Å². The van der Waals surface area contributed by atoms with Gasteiger partial charge in [-0.3, -0.25) is 19.5 Å². The van der Waals surface area contributed by atoms with Crippen LogP contribution in [-0.4, -0.2) is 45.0 Å². The normalized spacial score (nSPS) is 20.7. The number of halogens is 1. The maximum absolute atomic E-state index is 13.3. The first-order chi connectivity index (χ1) is 13.0. The predicted octanol–water partition coefficient (Wildman–Crippen LogP) is 3.48. The van der Waals surface area contributed by atoms with Gasteiger partial charge in [0.25, 0.3) is 0 Å². The van der Waals surface area contributed by atoms with Crippen LogP contribution in [0.15, 0.2) is 28.3 Å². The van der Waals surface area contributed by atoms with Crippen molar-refractivity contribution >= 4 is 33.0 Å². The zero-order chi connectivity index (χ0) is 20.9. The van der Waals surface area contributed by atoms with Gasteiger partial charge in [0.05, 0.1) is 34.1 Å². The highest BCUT2D eigenvalue weighted by molar-refractivity contribution is 7.91. The topological polar surface area (TPSA) is 80.8 Å². The molecular weight excluding hydrogens is 402 g/mol.